The van der Waals surface area contributed by atoms with E-state index in [2.05, 4.69) is 21.3 Å². The summed E-state index contributed by atoms with van der Waals surface area (Å²) >= 11 is 14.4. The van der Waals surface area contributed by atoms with Crippen molar-refractivity contribution in [1.29, 1.82) is 0 Å². The first-order valence-electron chi connectivity index (χ1n) is 7.89. The van der Waals surface area contributed by atoms with Crippen LogP contribution in [0.25, 0.3) is 0 Å². The molecule has 0 aliphatic heterocycles. The second kappa shape index (κ2) is 8.62. The van der Waals surface area contributed by atoms with Gasteiger partial charge in [-0.25, -0.2) is 0 Å². The highest BCUT2D eigenvalue weighted by Gasteiger charge is 2.16. The molecule has 0 bridgehead atoms. The predicted molar refractivity (Wildman–Crippen MR) is 108 cm³/mol. The van der Waals surface area contributed by atoms with Crippen molar-refractivity contribution in [3.8, 4) is 11.5 Å². The number of thiophene rings is 1. The van der Waals surface area contributed by atoms with Gasteiger partial charge in [-0.05, 0) is 23.6 Å². The highest BCUT2D eigenvalue weighted by atomic mass is 35.5. The number of pyridine rings is 1. The molecule has 26 heavy (non-hydrogen) atoms. The molecule has 3 rings (SSSR count). The van der Waals surface area contributed by atoms with E-state index in [1.54, 1.807) is 38.0 Å². The van der Waals surface area contributed by atoms with E-state index >= 15 is 0 Å². The molecule has 7 heteroatoms. The minimum absolute atomic E-state index is 0.549. The molecule has 0 saturated carbocycles. The Morgan fingerprint density at radius 2 is 1.73 bits per heavy atom. The summed E-state index contributed by atoms with van der Waals surface area (Å²) in [7, 11) is 3.25. The number of ether oxygens (including phenoxy) is 2. The molecule has 2 heterocycles. The predicted octanol–water partition coefficient (Wildman–Crippen LogP) is 5.67. The first-order chi connectivity index (χ1) is 12.6. The molecule has 0 spiro atoms. The van der Waals surface area contributed by atoms with Gasteiger partial charge in [0.05, 0.1) is 30.8 Å². The minimum Gasteiger partial charge on any atom is -0.493 e. The molecular formula is C19H18Cl2N2O2S. The summed E-state index contributed by atoms with van der Waals surface area (Å²) in [6, 6.07) is 9.99. The quantitative estimate of drug-likeness (QED) is 0.503. The molecule has 4 nitrogen and oxygen atoms in total. The van der Waals surface area contributed by atoms with Crippen molar-refractivity contribution in [2.75, 3.05) is 19.1 Å². The fourth-order valence-electron chi connectivity index (χ4n) is 2.63. The van der Waals surface area contributed by atoms with Crippen LogP contribution in [-0.2, 0) is 13.1 Å². The van der Waals surface area contributed by atoms with Crippen molar-refractivity contribution in [3.63, 3.8) is 0 Å². The summed E-state index contributed by atoms with van der Waals surface area (Å²) in [6.07, 6.45) is 3.22. The van der Waals surface area contributed by atoms with E-state index < -0.39 is 0 Å². The Labute approximate surface area is 166 Å². The fraction of sp³-hybridized carbons (Fsp3) is 0.211. The van der Waals surface area contributed by atoms with Crippen LogP contribution in [0.2, 0.25) is 10.0 Å². The normalized spacial score (nSPS) is 10.6. The minimum atomic E-state index is 0.549. The van der Waals surface area contributed by atoms with E-state index in [9.17, 15) is 0 Å². The fourth-order valence-corrected chi connectivity index (χ4v) is 3.83. The molecule has 0 unspecified atom stereocenters. The zero-order valence-corrected chi connectivity index (χ0v) is 16.7. The van der Waals surface area contributed by atoms with Crippen molar-refractivity contribution in [2.24, 2.45) is 0 Å². The van der Waals surface area contributed by atoms with Gasteiger partial charge in [-0.2, -0.15) is 0 Å². The third-order valence-corrected chi connectivity index (χ3v) is 5.47. The number of anilines is 1. The Kier molecular flexibility index (Phi) is 6.25. The van der Waals surface area contributed by atoms with Crippen molar-refractivity contribution in [2.45, 2.75) is 13.1 Å². The van der Waals surface area contributed by atoms with Crippen LogP contribution >= 0.6 is 34.5 Å². The summed E-state index contributed by atoms with van der Waals surface area (Å²) in [4.78, 5) is 7.47. The second-order valence-corrected chi connectivity index (χ2v) is 7.40. The number of hydrogen-bond acceptors (Lipinski definition) is 5. The van der Waals surface area contributed by atoms with Crippen LogP contribution < -0.4 is 14.4 Å². The summed E-state index contributed by atoms with van der Waals surface area (Å²) in [5.74, 6) is 1.36. The Hall–Kier alpha value is -1.95. The molecule has 0 aliphatic carbocycles. The van der Waals surface area contributed by atoms with Gasteiger partial charge in [0.1, 0.15) is 0 Å². The van der Waals surface area contributed by atoms with Gasteiger partial charge in [-0.15, -0.1) is 11.3 Å². The maximum atomic E-state index is 6.33. The van der Waals surface area contributed by atoms with Crippen molar-refractivity contribution in [1.82, 2.24) is 4.98 Å². The van der Waals surface area contributed by atoms with Gasteiger partial charge in [0.2, 0.25) is 0 Å². The van der Waals surface area contributed by atoms with E-state index in [0.29, 0.717) is 28.1 Å². The van der Waals surface area contributed by atoms with Crippen LogP contribution in [0.4, 0.5) is 5.69 Å². The van der Waals surface area contributed by atoms with Crippen molar-refractivity contribution in [3.05, 3.63) is 68.6 Å². The molecule has 0 saturated heterocycles. The summed E-state index contributed by atoms with van der Waals surface area (Å²) in [5.41, 5.74) is 1.83. The number of rotatable bonds is 7. The van der Waals surface area contributed by atoms with E-state index in [0.717, 1.165) is 17.8 Å². The molecule has 0 aliphatic rings. The van der Waals surface area contributed by atoms with Crippen LogP contribution in [0.15, 0.2) is 48.1 Å². The monoisotopic (exact) mass is 408 g/mol. The highest BCUT2D eigenvalue weighted by molar-refractivity contribution is 7.09. The van der Waals surface area contributed by atoms with Gasteiger partial charge in [-0.3, -0.25) is 4.98 Å². The maximum Gasteiger partial charge on any atom is 0.162 e. The second-order valence-electron chi connectivity index (χ2n) is 5.56. The highest BCUT2D eigenvalue weighted by Crippen LogP contribution is 2.34. The number of benzene rings is 1. The van der Waals surface area contributed by atoms with Crippen molar-refractivity contribution >= 4 is 40.2 Å². The standard InChI is InChI=1S/C19H18Cl2N2O2S/c1-24-18-6-5-13(8-19(18)25-2)23(11-14-4-3-7-26-14)12-15-16(20)9-22-10-17(15)21/h3-10H,11-12H2,1-2H3. The molecule has 0 amide bonds. The Bertz CT molecular complexity index is 852. The largest absolute Gasteiger partial charge is 0.493 e. The lowest BCUT2D eigenvalue weighted by atomic mass is 10.2. The van der Waals surface area contributed by atoms with Gasteiger partial charge < -0.3 is 14.4 Å². The average molecular weight is 409 g/mol. The molecule has 2 aromatic heterocycles. The van der Waals surface area contributed by atoms with Crippen LogP contribution in [-0.4, -0.2) is 19.2 Å². The maximum absolute atomic E-state index is 6.33. The number of methoxy groups -OCH3 is 2. The van der Waals surface area contributed by atoms with E-state index in [1.165, 1.54) is 4.88 Å². The molecule has 3 aromatic rings. The molecule has 0 atom stereocenters. The number of aromatic nitrogens is 1. The Morgan fingerprint density at radius 3 is 2.35 bits per heavy atom. The third-order valence-electron chi connectivity index (χ3n) is 3.96. The van der Waals surface area contributed by atoms with Crippen LogP contribution in [0.5, 0.6) is 11.5 Å². The van der Waals surface area contributed by atoms with Gasteiger partial charge in [0.15, 0.2) is 11.5 Å². The summed E-state index contributed by atoms with van der Waals surface area (Å²) in [5, 5.41) is 3.16. The Morgan fingerprint density at radius 1 is 1.00 bits per heavy atom. The van der Waals surface area contributed by atoms with Crippen LogP contribution in [0.3, 0.4) is 0 Å². The molecule has 0 fully saturated rings. The number of halogens is 2. The van der Waals surface area contributed by atoms with Crippen LogP contribution in [0, 0.1) is 0 Å². The van der Waals surface area contributed by atoms with E-state index in [-0.39, 0.29) is 0 Å². The van der Waals surface area contributed by atoms with Gasteiger partial charge in [0.25, 0.3) is 0 Å². The van der Waals surface area contributed by atoms with E-state index in [4.69, 9.17) is 32.7 Å². The molecule has 0 N–H and O–H groups in total. The Balaban J connectivity index is 1.98. The first-order valence-corrected chi connectivity index (χ1v) is 9.53. The summed E-state index contributed by atoms with van der Waals surface area (Å²) < 4.78 is 10.8. The zero-order valence-electron chi connectivity index (χ0n) is 14.4. The lowest BCUT2D eigenvalue weighted by molar-refractivity contribution is 0.355. The summed E-state index contributed by atoms with van der Waals surface area (Å²) in [6.45, 7) is 1.27. The average Bonchev–Trinajstić information content (AvgIpc) is 3.16. The van der Waals surface area contributed by atoms with Gasteiger partial charge in [0, 0.05) is 41.1 Å². The number of hydrogen-bond donors (Lipinski definition) is 0. The van der Waals surface area contributed by atoms with Gasteiger partial charge in [-0.1, -0.05) is 29.3 Å². The SMILES string of the molecule is COc1ccc(N(Cc2cccs2)Cc2c(Cl)cncc2Cl)cc1OC. The van der Waals surface area contributed by atoms with E-state index in [1.807, 2.05) is 24.3 Å². The smallest absolute Gasteiger partial charge is 0.162 e. The molecule has 1 aromatic carbocycles. The molecular weight excluding hydrogens is 391 g/mol. The van der Waals surface area contributed by atoms with Crippen LogP contribution in [0.1, 0.15) is 10.4 Å². The number of nitrogens with zero attached hydrogens (tertiary/aromatic N) is 2. The topological polar surface area (TPSA) is 34.6 Å². The molecule has 136 valence electrons. The first kappa shape index (κ1) is 18.8. The lowest BCUT2D eigenvalue weighted by Crippen LogP contribution is -2.22. The zero-order chi connectivity index (χ0) is 18.5. The third kappa shape index (κ3) is 4.23. The molecule has 0 radical (unpaired) electrons. The van der Waals surface area contributed by atoms with Crippen molar-refractivity contribution < 1.29 is 9.47 Å². The lowest BCUT2D eigenvalue weighted by Gasteiger charge is -2.26. The van der Waals surface area contributed by atoms with Gasteiger partial charge >= 0.3 is 0 Å².